The second-order valence-electron chi connectivity index (χ2n) is 3.58. The van der Waals surface area contributed by atoms with Crippen LogP contribution in [0.25, 0.3) is 0 Å². The first-order valence-electron chi connectivity index (χ1n) is 5.76. The number of aromatic nitrogens is 1. The van der Waals surface area contributed by atoms with Crippen LogP contribution in [-0.2, 0) is 0 Å². The predicted molar refractivity (Wildman–Crippen MR) is 82.0 cm³/mol. The van der Waals surface area contributed by atoms with E-state index in [0.717, 1.165) is 16.5 Å². The van der Waals surface area contributed by atoms with Crippen molar-refractivity contribution in [2.24, 2.45) is 10.1 Å². The number of benzene rings is 1. The Morgan fingerprint density at radius 1 is 1.16 bits per heavy atom. The van der Waals surface area contributed by atoms with Crippen LogP contribution in [0, 0.1) is 0 Å². The molecule has 1 aromatic heterocycles. The molecule has 0 amide bonds. The molecule has 1 N–H and O–H groups in total. The summed E-state index contributed by atoms with van der Waals surface area (Å²) in [6.45, 7) is 0. The molecule has 0 saturated carbocycles. The van der Waals surface area contributed by atoms with Gasteiger partial charge in [0.25, 0.3) is 0 Å². The summed E-state index contributed by atoms with van der Waals surface area (Å²) in [6.07, 6.45) is 5.34. The van der Waals surface area contributed by atoms with Crippen LogP contribution in [0.1, 0.15) is 5.69 Å². The molecule has 0 spiro atoms. The fraction of sp³-hybridized carbons (Fsp3) is 0.0714. The summed E-state index contributed by atoms with van der Waals surface area (Å²) in [6, 6.07) is 15.4. The van der Waals surface area contributed by atoms with Gasteiger partial charge in [0.2, 0.25) is 0 Å². The van der Waals surface area contributed by atoms with Gasteiger partial charge >= 0.3 is 0 Å². The van der Waals surface area contributed by atoms with Crippen molar-refractivity contribution in [1.82, 2.24) is 10.4 Å². The first-order valence-corrected chi connectivity index (χ1v) is 6.99. The van der Waals surface area contributed by atoms with Gasteiger partial charge in [0.15, 0.2) is 5.17 Å². The Hall–Kier alpha value is -2.14. The Bertz CT molecular complexity index is 552. The molecule has 0 unspecified atom stereocenters. The highest BCUT2D eigenvalue weighted by Crippen LogP contribution is 2.12. The number of rotatable bonds is 3. The van der Waals surface area contributed by atoms with E-state index in [-0.39, 0.29) is 0 Å². The number of hydrogen-bond donors (Lipinski definition) is 1. The van der Waals surface area contributed by atoms with E-state index < -0.39 is 0 Å². The molecule has 0 atom stereocenters. The third-order valence-corrected chi connectivity index (χ3v) is 2.79. The highest BCUT2D eigenvalue weighted by atomic mass is 32.2. The van der Waals surface area contributed by atoms with Gasteiger partial charge in [-0.2, -0.15) is 5.10 Å². The Balaban J connectivity index is 2.00. The quantitative estimate of drug-likeness (QED) is 0.530. The normalized spacial score (nSPS) is 11.7. The van der Waals surface area contributed by atoms with Crippen molar-refractivity contribution < 1.29 is 0 Å². The number of nitrogens with zero attached hydrogens (tertiary/aromatic N) is 3. The molecule has 0 fully saturated rings. The van der Waals surface area contributed by atoms with Gasteiger partial charge < -0.3 is 0 Å². The second kappa shape index (κ2) is 7.33. The van der Waals surface area contributed by atoms with E-state index in [9.17, 15) is 0 Å². The molecule has 1 heterocycles. The number of pyridine rings is 1. The molecule has 2 rings (SSSR count). The molecule has 0 aliphatic carbocycles. The smallest absolute Gasteiger partial charge is 0.182 e. The van der Waals surface area contributed by atoms with Gasteiger partial charge in [0, 0.05) is 6.20 Å². The van der Waals surface area contributed by atoms with Gasteiger partial charge in [-0.25, -0.2) is 4.99 Å². The molecule has 0 bridgehead atoms. The lowest BCUT2D eigenvalue weighted by atomic mass is 10.3. The van der Waals surface area contributed by atoms with Gasteiger partial charge in [-0.3, -0.25) is 10.4 Å². The van der Waals surface area contributed by atoms with Crippen molar-refractivity contribution in [3.05, 3.63) is 60.4 Å². The van der Waals surface area contributed by atoms with Crippen molar-refractivity contribution in [2.75, 3.05) is 6.26 Å². The van der Waals surface area contributed by atoms with Crippen LogP contribution in [0.4, 0.5) is 5.69 Å². The highest BCUT2D eigenvalue weighted by Gasteiger charge is 1.95. The molecular weight excluding hydrogens is 256 g/mol. The summed E-state index contributed by atoms with van der Waals surface area (Å²) in [5.74, 6) is 0. The molecule has 1 aromatic carbocycles. The lowest BCUT2D eigenvalue weighted by Gasteiger charge is -2.01. The molecule has 19 heavy (non-hydrogen) atoms. The first-order chi connectivity index (χ1) is 9.38. The molecule has 2 aromatic rings. The van der Waals surface area contributed by atoms with E-state index in [1.807, 2.05) is 54.8 Å². The maximum absolute atomic E-state index is 4.44. The Labute approximate surface area is 116 Å². The highest BCUT2D eigenvalue weighted by molar-refractivity contribution is 8.13. The van der Waals surface area contributed by atoms with Gasteiger partial charge in [-0.1, -0.05) is 36.0 Å². The molecule has 0 radical (unpaired) electrons. The second-order valence-corrected chi connectivity index (χ2v) is 4.38. The van der Waals surface area contributed by atoms with Crippen LogP contribution in [0.2, 0.25) is 0 Å². The third kappa shape index (κ3) is 4.56. The van der Waals surface area contributed by atoms with E-state index in [1.165, 1.54) is 11.8 Å². The van der Waals surface area contributed by atoms with Crippen LogP contribution < -0.4 is 5.43 Å². The van der Waals surface area contributed by atoms with Crippen LogP contribution in [0.5, 0.6) is 0 Å². The van der Waals surface area contributed by atoms with E-state index in [4.69, 9.17) is 0 Å². The molecule has 0 saturated heterocycles. The molecule has 5 heteroatoms. The summed E-state index contributed by atoms with van der Waals surface area (Å²) < 4.78 is 0. The number of hydrogen-bond acceptors (Lipinski definition) is 4. The summed E-state index contributed by atoms with van der Waals surface area (Å²) in [4.78, 5) is 8.59. The molecule has 96 valence electrons. The topological polar surface area (TPSA) is 49.6 Å². The molecule has 0 aliphatic rings. The molecular formula is C14H14N4S. The number of aliphatic imine (C=N–C) groups is 1. The summed E-state index contributed by atoms with van der Waals surface area (Å²) in [5.41, 5.74) is 4.61. The number of hydrazone groups is 1. The van der Waals surface area contributed by atoms with E-state index >= 15 is 0 Å². The lowest BCUT2D eigenvalue weighted by molar-refractivity contribution is 1.05. The maximum atomic E-state index is 4.44. The average Bonchev–Trinajstić information content (AvgIpc) is 2.48. The van der Waals surface area contributed by atoms with Crippen LogP contribution in [0.15, 0.2) is 64.8 Å². The van der Waals surface area contributed by atoms with E-state index in [2.05, 4.69) is 20.5 Å². The summed E-state index contributed by atoms with van der Waals surface area (Å²) in [5, 5.41) is 4.85. The van der Waals surface area contributed by atoms with Crippen LogP contribution in [-0.4, -0.2) is 22.6 Å². The van der Waals surface area contributed by atoms with Gasteiger partial charge in [-0.05, 0) is 30.5 Å². The minimum absolute atomic E-state index is 0.735. The lowest BCUT2D eigenvalue weighted by Crippen LogP contribution is -2.13. The Morgan fingerprint density at radius 3 is 2.63 bits per heavy atom. The number of amidine groups is 1. The Kier molecular flexibility index (Phi) is 5.13. The summed E-state index contributed by atoms with van der Waals surface area (Å²) in [7, 11) is 0. The molecule has 4 nitrogen and oxygen atoms in total. The number of para-hydroxylation sites is 1. The van der Waals surface area contributed by atoms with E-state index in [1.54, 1.807) is 12.4 Å². The maximum Gasteiger partial charge on any atom is 0.182 e. The van der Waals surface area contributed by atoms with Crippen molar-refractivity contribution >= 4 is 28.8 Å². The fourth-order valence-corrected chi connectivity index (χ4v) is 1.68. The average molecular weight is 270 g/mol. The fourth-order valence-electron chi connectivity index (χ4n) is 1.34. The zero-order chi connectivity index (χ0) is 13.3. The van der Waals surface area contributed by atoms with Crippen molar-refractivity contribution in [1.29, 1.82) is 0 Å². The van der Waals surface area contributed by atoms with Crippen LogP contribution >= 0.6 is 11.8 Å². The summed E-state index contributed by atoms with van der Waals surface area (Å²) >= 11 is 1.50. The van der Waals surface area contributed by atoms with Gasteiger partial charge in [0.05, 0.1) is 17.6 Å². The third-order valence-electron chi connectivity index (χ3n) is 2.22. The standard InChI is InChI=1S/C14H14N4S/c1-19-14(17-12-7-3-2-4-8-12)18-16-11-13-9-5-6-10-15-13/h2-11H,1H3,(H,17,18)/b16-11+. The van der Waals surface area contributed by atoms with E-state index in [0.29, 0.717) is 0 Å². The SMILES string of the molecule is CSC(=Nc1ccccc1)N/N=C/c1ccccn1. The van der Waals surface area contributed by atoms with Crippen molar-refractivity contribution in [3.63, 3.8) is 0 Å². The minimum Gasteiger partial charge on any atom is -0.256 e. The minimum atomic E-state index is 0.735. The van der Waals surface area contributed by atoms with Crippen molar-refractivity contribution in [2.45, 2.75) is 0 Å². The Morgan fingerprint density at radius 2 is 1.95 bits per heavy atom. The number of nitrogens with one attached hydrogen (secondary N) is 1. The van der Waals surface area contributed by atoms with Gasteiger partial charge in [0.1, 0.15) is 0 Å². The molecule has 0 aliphatic heterocycles. The zero-order valence-corrected chi connectivity index (χ0v) is 11.3. The number of thioether (sulfide) groups is 1. The van der Waals surface area contributed by atoms with Gasteiger partial charge in [-0.15, -0.1) is 0 Å². The zero-order valence-electron chi connectivity index (χ0n) is 10.5. The van der Waals surface area contributed by atoms with Crippen LogP contribution in [0.3, 0.4) is 0 Å². The monoisotopic (exact) mass is 270 g/mol. The van der Waals surface area contributed by atoms with Crippen molar-refractivity contribution in [3.8, 4) is 0 Å². The largest absolute Gasteiger partial charge is 0.256 e. The predicted octanol–water partition coefficient (Wildman–Crippen LogP) is 3.06. The first kappa shape index (κ1) is 13.3.